The van der Waals surface area contributed by atoms with E-state index in [0.29, 0.717) is 16.7 Å². The summed E-state index contributed by atoms with van der Waals surface area (Å²) in [7, 11) is -3.40. The molecule has 28 heavy (non-hydrogen) atoms. The van der Waals surface area contributed by atoms with Crippen LogP contribution in [0.25, 0.3) is 11.0 Å². The van der Waals surface area contributed by atoms with E-state index in [9.17, 15) is 18.0 Å². The third kappa shape index (κ3) is 3.53. The molecule has 6 nitrogen and oxygen atoms in total. The Bertz CT molecular complexity index is 1260. The van der Waals surface area contributed by atoms with Crippen LogP contribution in [0.2, 0.25) is 0 Å². The number of hydrogen-bond donors (Lipinski definition) is 0. The summed E-state index contributed by atoms with van der Waals surface area (Å²) in [5, 5.41) is 1.70. The molecule has 1 amide bonds. The Morgan fingerprint density at radius 3 is 2.50 bits per heavy atom. The second-order valence-corrected chi connectivity index (χ2v) is 9.21. The maximum Gasteiger partial charge on any atom is 0.349 e. The third-order valence-electron chi connectivity index (χ3n) is 4.44. The van der Waals surface area contributed by atoms with E-state index >= 15 is 0 Å². The lowest BCUT2D eigenvalue weighted by atomic mass is 10.1. The smallest absolute Gasteiger partial charge is 0.349 e. The summed E-state index contributed by atoms with van der Waals surface area (Å²) in [4.78, 5) is 27.1. The Hall–Kier alpha value is -2.71. The van der Waals surface area contributed by atoms with Crippen molar-refractivity contribution < 1.29 is 17.6 Å². The summed E-state index contributed by atoms with van der Waals surface area (Å²) in [6.45, 7) is 0. The molecule has 2 heterocycles. The highest BCUT2D eigenvalue weighted by molar-refractivity contribution is 9.10. The molecule has 1 atom stereocenters. The Balaban J connectivity index is 1.83. The minimum absolute atomic E-state index is 0.153. The zero-order chi connectivity index (χ0) is 19.9. The van der Waals surface area contributed by atoms with Crippen molar-refractivity contribution >= 4 is 48.3 Å². The molecule has 1 aromatic heterocycles. The lowest BCUT2D eigenvalue weighted by Gasteiger charge is -2.27. The molecule has 0 bridgehead atoms. The first-order valence-electron chi connectivity index (χ1n) is 8.37. The van der Waals surface area contributed by atoms with Gasteiger partial charge in [0.05, 0.1) is 11.8 Å². The average molecular weight is 460 g/mol. The standard InChI is InChI=1S/C20H14BrNO5S/c21-14-5-7-15(8-6-14)22(16-9-10-28(25,26)12-16)19(23)17-11-13-3-1-2-4-18(13)27-20(17)24/h1-11,16H,12H2/t16-/m0/s1. The number of hydrogen-bond acceptors (Lipinski definition) is 5. The topological polar surface area (TPSA) is 84.7 Å². The minimum atomic E-state index is -3.40. The van der Waals surface area contributed by atoms with Crippen LogP contribution in [0.15, 0.2) is 79.8 Å². The fourth-order valence-corrected chi connectivity index (χ4v) is 4.65. The fraction of sp³-hybridized carbons (Fsp3) is 0.100. The highest BCUT2D eigenvalue weighted by atomic mass is 79.9. The van der Waals surface area contributed by atoms with Crippen molar-refractivity contribution in [2.75, 3.05) is 10.7 Å². The summed E-state index contributed by atoms with van der Waals surface area (Å²) in [6, 6.07) is 14.5. The van der Waals surface area contributed by atoms with Gasteiger partial charge >= 0.3 is 5.63 Å². The van der Waals surface area contributed by atoms with E-state index in [0.717, 1.165) is 9.88 Å². The van der Waals surface area contributed by atoms with Gasteiger partial charge < -0.3 is 9.32 Å². The van der Waals surface area contributed by atoms with Crippen LogP contribution in [-0.4, -0.2) is 26.1 Å². The molecule has 0 saturated heterocycles. The number of amides is 1. The molecule has 0 aliphatic carbocycles. The van der Waals surface area contributed by atoms with Gasteiger partial charge in [-0.3, -0.25) is 4.79 Å². The van der Waals surface area contributed by atoms with Crippen LogP contribution in [0.5, 0.6) is 0 Å². The SMILES string of the molecule is O=C(c1cc2ccccc2oc1=O)N(c1ccc(Br)cc1)[C@H]1C=CS(=O)(=O)C1. The first-order chi connectivity index (χ1) is 13.3. The first kappa shape index (κ1) is 18.6. The molecule has 1 aliphatic rings. The summed E-state index contributed by atoms with van der Waals surface area (Å²) in [5.74, 6) is -0.859. The van der Waals surface area contributed by atoms with Crippen molar-refractivity contribution in [3.8, 4) is 0 Å². The summed E-state index contributed by atoms with van der Waals surface area (Å²) < 4.78 is 29.9. The number of sulfone groups is 1. The summed E-state index contributed by atoms with van der Waals surface area (Å²) in [5.41, 5.74) is -0.0648. The van der Waals surface area contributed by atoms with Crippen molar-refractivity contribution in [1.82, 2.24) is 0 Å². The zero-order valence-electron chi connectivity index (χ0n) is 14.4. The predicted molar refractivity (Wildman–Crippen MR) is 110 cm³/mol. The number of anilines is 1. The maximum atomic E-state index is 13.3. The molecule has 1 aliphatic heterocycles. The van der Waals surface area contributed by atoms with E-state index in [1.807, 2.05) is 0 Å². The fourth-order valence-electron chi connectivity index (χ4n) is 3.12. The molecular formula is C20H14BrNO5S. The number of carbonyl (C=O) groups is 1. The van der Waals surface area contributed by atoms with E-state index in [-0.39, 0.29) is 11.3 Å². The number of benzene rings is 2. The highest BCUT2D eigenvalue weighted by Gasteiger charge is 2.33. The predicted octanol–water partition coefficient (Wildman–Crippen LogP) is 3.51. The normalized spacial score (nSPS) is 17.7. The number of para-hydroxylation sites is 1. The van der Waals surface area contributed by atoms with Gasteiger partial charge in [-0.25, -0.2) is 13.2 Å². The van der Waals surface area contributed by atoms with Gasteiger partial charge in [0.2, 0.25) is 0 Å². The van der Waals surface area contributed by atoms with Gasteiger partial charge in [-0.1, -0.05) is 34.1 Å². The Morgan fingerprint density at radius 2 is 1.82 bits per heavy atom. The Morgan fingerprint density at radius 1 is 1.11 bits per heavy atom. The lowest BCUT2D eigenvalue weighted by Crippen LogP contribution is -2.42. The van der Waals surface area contributed by atoms with E-state index < -0.39 is 27.4 Å². The molecule has 4 rings (SSSR count). The molecule has 8 heteroatoms. The van der Waals surface area contributed by atoms with E-state index in [2.05, 4.69) is 15.9 Å². The number of halogens is 1. The molecular weight excluding hydrogens is 446 g/mol. The van der Waals surface area contributed by atoms with Crippen molar-refractivity contribution in [3.63, 3.8) is 0 Å². The van der Waals surface area contributed by atoms with Gasteiger partial charge in [0.25, 0.3) is 5.91 Å². The number of fused-ring (bicyclic) bond motifs is 1. The molecule has 0 fully saturated rings. The minimum Gasteiger partial charge on any atom is -0.422 e. The molecule has 2 aromatic carbocycles. The molecule has 142 valence electrons. The van der Waals surface area contributed by atoms with Crippen LogP contribution in [0.3, 0.4) is 0 Å². The molecule has 0 spiro atoms. The van der Waals surface area contributed by atoms with Crippen molar-refractivity contribution in [3.05, 3.63) is 86.5 Å². The van der Waals surface area contributed by atoms with E-state index in [4.69, 9.17) is 4.42 Å². The molecule has 3 aromatic rings. The van der Waals surface area contributed by atoms with Crippen molar-refractivity contribution in [2.24, 2.45) is 0 Å². The monoisotopic (exact) mass is 459 g/mol. The number of rotatable bonds is 3. The molecule has 0 radical (unpaired) electrons. The second kappa shape index (κ2) is 7.03. The van der Waals surface area contributed by atoms with Gasteiger partial charge in [0, 0.05) is 21.0 Å². The lowest BCUT2D eigenvalue weighted by molar-refractivity contribution is 0.0979. The van der Waals surface area contributed by atoms with Crippen LogP contribution in [0, 0.1) is 0 Å². The van der Waals surface area contributed by atoms with Crippen molar-refractivity contribution in [2.45, 2.75) is 6.04 Å². The second-order valence-electron chi connectivity index (χ2n) is 6.36. The summed E-state index contributed by atoms with van der Waals surface area (Å²) in [6.07, 6.45) is 1.46. The Labute approximate surface area is 169 Å². The quantitative estimate of drug-likeness (QED) is 0.559. The largest absolute Gasteiger partial charge is 0.422 e. The Kier molecular flexibility index (Phi) is 4.68. The van der Waals surface area contributed by atoms with E-state index in [1.165, 1.54) is 17.0 Å². The van der Waals surface area contributed by atoms with Gasteiger partial charge in [0.15, 0.2) is 9.84 Å². The number of nitrogens with zero attached hydrogens (tertiary/aromatic N) is 1. The van der Waals surface area contributed by atoms with Gasteiger partial charge in [-0.2, -0.15) is 0 Å². The van der Waals surface area contributed by atoms with Gasteiger partial charge in [0.1, 0.15) is 11.1 Å². The zero-order valence-corrected chi connectivity index (χ0v) is 16.8. The highest BCUT2D eigenvalue weighted by Crippen LogP contribution is 2.26. The van der Waals surface area contributed by atoms with E-state index in [1.54, 1.807) is 48.5 Å². The summed E-state index contributed by atoms with van der Waals surface area (Å²) >= 11 is 3.34. The number of carbonyl (C=O) groups excluding carboxylic acids is 1. The van der Waals surface area contributed by atoms with Crippen LogP contribution in [0.4, 0.5) is 5.69 Å². The maximum absolute atomic E-state index is 13.3. The average Bonchev–Trinajstić information content (AvgIpc) is 3.02. The van der Waals surface area contributed by atoms with Crippen molar-refractivity contribution in [1.29, 1.82) is 0 Å². The van der Waals surface area contributed by atoms with Gasteiger partial charge in [-0.05, 0) is 42.5 Å². The third-order valence-corrected chi connectivity index (χ3v) is 6.34. The van der Waals surface area contributed by atoms with Crippen LogP contribution in [0.1, 0.15) is 10.4 Å². The first-order valence-corrected chi connectivity index (χ1v) is 10.9. The van der Waals surface area contributed by atoms with Crippen LogP contribution >= 0.6 is 15.9 Å². The molecule has 0 unspecified atom stereocenters. The van der Waals surface area contributed by atoms with Crippen LogP contribution in [-0.2, 0) is 9.84 Å². The van der Waals surface area contributed by atoms with Gasteiger partial charge in [-0.15, -0.1) is 0 Å². The molecule has 0 N–H and O–H groups in total. The van der Waals surface area contributed by atoms with Crippen LogP contribution < -0.4 is 10.5 Å². The molecule has 0 saturated carbocycles.